The number of imidazole rings is 1. The molecule has 0 aliphatic rings. The number of aliphatic carboxylic acids is 1. The summed E-state index contributed by atoms with van der Waals surface area (Å²) in [7, 11) is 0. The maximum atomic E-state index is 11.0. The maximum absolute atomic E-state index is 11.0. The topological polar surface area (TPSA) is 91.8 Å². The Bertz CT molecular complexity index is 1190. The number of pyridine rings is 1. The molecule has 126 valence electrons. The first-order chi connectivity index (χ1) is 12.7. The van der Waals surface area contributed by atoms with Crippen LogP contribution in [0.2, 0.25) is 0 Å². The highest BCUT2D eigenvalue weighted by Gasteiger charge is 2.17. The fourth-order valence-electron chi connectivity index (χ4n) is 2.94. The fraction of sp³-hybridized carbons (Fsp3) is 0.0526. The lowest BCUT2D eigenvalue weighted by atomic mass is 10.0. The lowest BCUT2D eigenvalue weighted by molar-refractivity contribution is -0.133. The van der Waals surface area contributed by atoms with Gasteiger partial charge in [-0.05, 0) is 18.2 Å². The number of thioether (sulfide) groups is 1. The van der Waals surface area contributed by atoms with Gasteiger partial charge in [-0.2, -0.15) is 5.26 Å². The molecule has 4 rings (SSSR count). The molecule has 6 nitrogen and oxygen atoms in total. The highest BCUT2D eigenvalue weighted by molar-refractivity contribution is 7.99. The van der Waals surface area contributed by atoms with Crippen LogP contribution in [0, 0.1) is 11.3 Å². The van der Waals surface area contributed by atoms with Crippen LogP contribution in [0.1, 0.15) is 5.56 Å². The zero-order valence-electron chi connectivity index (χ0n) is 13.5. The predicted molar refractivity (Wildman–Crippen MR) is 99.4 cm³/mol. The molecule has 2 aromatic heterocycles. The Labute approximate surface area is 152 Å². The van der Waals surface area contributed by atoms with Crippen molar-refractivity contribution >= 4 is 39.5 Å². The Balaban J connectivity index is 2.03. The molecule has 0 unspecified atom stereocenters. The zero-order chi connectivity index (χ0) is 18.1. The highest BCUT2D eigenvalue weighted by Crippen LogP contribution is 2.32. The molecule has 0 spiro atoms. The Kier molecular flexibility index (Phi) is 4.03. The Hall–Kier alpha value is -3.37. The molecular formula is C19H12N4O2S. The first-order valence-corrected chi connectivity index (χ1v) is 8.77. The van der Waals surface area contributed by atoms with E-state index >= 15 is 0 Å². The van der Waals surface area contributed by atoms with E-state index in [4.69, 9.17) is 5.11 Å². The number of rotatable bonds is 4. The molecule has 0 aliphatic heterocycles. The van der Waals surface area contributed by atoms with Crippen LogP contribution in [-0.4, -0.2) is 31.4 Å². The molecule has 1 N–H and O–H groups in total. The number of carboxylic acid groups (broad SMARTS) is 1. The van der Waals surface area contributed by atoms with Gasteiger partial charge in [0.15, 0.2) is 5.16 Å². The summed E-state index contributed by atoms with van der Waals surface area (Å²) < 4.78 is 1.92. The van der Waals surface area contributed by atoms with Crippen molar-refractivity contribution in [1.29, 1.82) is 5.26 Å². The summed E-state index contributed by atoms with van der Waals surface area (Å²) in [5.41, 5.74) is 2.97. The van der Waals surface area contributed by atoms with Crippen molar-refractivity contribution in [3.8, 4) is 11.8 Å². The van der Waals surface area contributed by atoms with Gasteiger partial charge in [0.05, 0.1) is 34.8 Å². The zero-order valence-corrected chi connectivity index (χ0v) is 14.3. The van der Waals surface area contributed by atoms with Gasteiger partial charge in [-0.25, -0.2) is 4.98 Å². The Morgan fingerprint density at radius 2 is 2.00 bits per heavy atom. The number of benzene rings is 2. The van der Waals surface area contributed by atoms with Gasteiger partial charge >= 0.3 is 5.97 Å². The van der Waals surface area contributed by atoms with Gasteiger partial charge in [-0.15, -0.1) is 0 Å². The smallest absolute Gasteiger partial charge is 0.313 e. The van der Waals surface area contributed by atoms with E-state index in [1.165, 1.54) is 0 Å². The Morgan fingerprint density at radius 3 is 2.77 bits per heavy atom. The Morgan fingerprint density at radius 1 is 1.19 bits per heavy atom. The molecule has 0 amide bonds. The number of hydrogen-bond donors (Lipinski definition) is 1. The summed E-state index contributed by atoms with van der Waals surface area (Å²) in [6.07, 6.45) is 3.33. The van der Waals surface area contributed by atoms with Crippen LogP contribution >= 0.6 is 11.8 Å². The third kappa shape index (κ3) is 2.66. The second-order valence-electron chi connectivity index (χ2n) is 5.57. The van der Waals surface area contributed by atoms with Gasteiger partial charge in [-0.3, -0.25) is 14.3 Å². The number of carboxylic acids is 1. The average Bonchev–Trinajstić information content (AvgIpc) is 3.03. The standard InChI is InChI=1S/C19H12N4O2S/c20-9-12-5-6-16(14-4-2-1-3-13(12)14)23-17-7-8-21-10-15(17)22-19(23)26-11-18(24)25/h1-8,10H,11H2,(H,24,25). The molecule has 0 saturated heterocycles. The second kappa shape index (κ2) is 6.50. The van der Waals surface area contributed by atoms with E-state index in [2.05, 4.69) is 16.0 Å². The number of nitriles is 1. The number of nitrogens with zero attached hydrogens (tertiary/aromatic N) is 4. The summed E-state index contributed by atoms with van der Waals surface area (Å²) in [6.45, 7) is 0. The molecule has 0 radical (unpaired) electrons. The highest BCUT2D eigenvalue weighted by atomic mass is 32.2. The van der Waals surface area contributed by atoms with Crippen molar-refractivity contribution in [2.45, 2.75) is 5.16 Å². The molecule has 0 fully saturated rings. The molecule has 0 aliphatic carbocycles. The molecule has 0 bridgehead atoms. The molecule has 4 aromatic rings. The monoisotopic (exact) mass is 360 g/mol. The quantitative estimate of drug-likeness (QED) is 0.559. The molecular weight excluding hydrogens is 348 g/mol. The van der Waals surface area contributed by atoms with E-state index in [1.54, 1.807) is 18.5 Å². The number of hydrogen-bond acceptors (Lipinski definition) is 5. The minimum atomic E-state index is -0.906. The summed E-state index contributed by atoms with van der Waals surface area (Å²) in [5.74, 6) is -0.998. The van der Waals surface area contributed by atoms with Gasteiger partial charge in [0.25, 0.3) is 0 Å². The first-order valence-electron chi connectivity index (χ1n) is 7.78. The second-order valence-corrected chi connectivity index (χ2v) is 6.51. The summed E-state index contributed by atoms with van der Waals surface area (Å²) in [6, 6.07) is 15.4. The van der Waals surface area contributed by atoms with E-state index in [1.807, 2.05) is 41.0 Å². The third-order valence-corrected chi connectivity index (χ3v) is 4.94. The van der Waals surface area contributed by atoms with Crippen LogP contribution in [-0.2, 0) is 4.79 Å². The van der Waals surface area contributed by atoms with Crippen molar-refractivity contribution in [1.82, 2.24) is 14.5 Å². The summed E-state index contributed by atoms with van der Waals surface area (Å²) >= 11 is 1.15. The van der Waals surface area contributed by atoms with Crippen LogP contribution in [0.25, 0.3) is 27.5 Å². The van der Waals surface area contributed by atoms with Gasteiger partial charge < -0.3 is 5.11 Å². The average molecular weight is 360 g/mol. The van der Waals surface area contributed by atoms with Crippen molar-refractivity contribution < 1.29 is 9.90 Å². The number of carbonyl (C=O) groups is 1. The molecule has 0 atom stereocenters. The van der Waals surface area contributed by atoms with Crippen LogP contribution in [0.5, 0.6) is 0 Å². The lowest BCUT2D eigenvalue weighted by Gasteiger charge is -2.12. The molecule has 0 saturated carbocycles. The van der Waals surface area contributed by atoms with Crippen LogP contribution in [0.15, 0.2) is 60.0 Å². The van der Waals surface area contributed by atoms with Crippen LogP contribution in [0.4, 0.5) is 0 Å². The van der Waals surface area contributed by atoms with E-state index in [0.29, 0.717) is 16.2 Å². The van der Waals surface area contributed by atoms with E-state index < -0.39 is 5.97 Å². The molecule has 2 aromatic carbocycles. The van der Waals surface area contributed by atoms with Crippen LogP contribution < -0.4 is 0 Å². The normalized spacial score (nSPS) is 10.9. The maximum Gasteiger partial charge on any atom is 0.313 e. The van der Waals surface area contributed by atoms with E-state index in [9.17, 15) is 10.1 Å². The van der Waals surface area contributed by atoms with Crippen molar-refractivity contribution in [2.75, 3.05) is 5.75 Å². The SMILES string of the molecule is N#Cc1ccc(-n2c(SCC(=O)O)nc3cnccc32)c2ccccc12. The first kappa shape index (κ1) is 16.1. The van der Waals surface area contributed by atoms with Gasteiger partial charge in [0.1, 0.15) is 5.52 Å². The van der Waals surface area contributed by atoms with Crippen molar-refractivity contribution in [3.63, 3.8) is 0 Å². The summed E-state index contributed by atoms with van der Waals surface area (Å²) in [4.78, 5) is 19.7. The number of aromatic nitrogens is 3. The van der Waals surface area contributed by atoms with Crippen LogP contribution in [0.3, 0.4) is 0 Å². The minimum Gasteiger partial charge on any atom is -0.481 e. The van der Waals surface area contributed by atoms with E-state index in [0.717, 1.165) is 33.7 Å². The van der Waals surface area contributed by atoms with Gasteiger partial charge in [0, 0.05) is 17.0 Å². The van der Waals surface area contributed by atoms with Crippen molar-refractivity contribution in [3.05, 3.63) is 60.4 Å². The van der Waals surface area contributed by atoms with Gasteiger partial charge in [0.2, 0.25) is 0 Å². The molecule has 26 heavy (non-hydrogen) atoms. The summed E-state index contributed by atoms with van der Waals surface area (Å²) in [5, 5.41) is 20.7. The largest absolute Gasteiger partial charge is 0.481 e. The minimum absolute atomic E-state index is 0.0923. The van der Waals surface area contributed by atoms with Gasteiger partial charge in [-0.1, -0.05) is 36.0 Å². The number of fused-ring (bicyclic) bond motifs is 2. The third-order valence-electron chi connectivity index (χ3n) is 4.01. The lowest BCUT2D eigenvalue weighted by Crippen LogP contribution is -2.02. The predicted octanol–water partition coefficient (Wildman–Crippen LogP) is 3.62. The molecule has 7 heteroatoms. The molecule has 2 heterocycles. The van der Waals surface area contributed by atoms with Crippen molar-refractivity contribution in [2.24, 2.45) is 0 Å². The van der Waals surface area contributed by atoms with E-state index in [-0.39, 0.29) is 5.75 Å². The fourth-order valence-corrected chi connectivity index (χ4v) is 3.68.